The number of ketones is 1. The zero-order valence-electron chi connectivity index (χ0n) is 15.2. The predicted molar refractivity (Wildman–Crippen MR) is 99.4 cm³/mol. The number of hydrogen-bond acceptors (Lipinski definition) is 4. The molecule has 150 valence electrons. The number of pyridine rings is 1. The Balaban J connectivity index is 1.52. The lowest BCUT2D eigenvalue weighted by molar-refractivity contribution is -0.141. The first-order valence-electron chi connectivity index (χ1n) is 9.16. The average Bonchev–Trinajstić information content (AvgIpc) is 3.11. The van der Waals surface area contributed by atoms with Gasteiger partial charge in [0.15, 0.2) is 0 Å². The van der Waals surface area contributed by atoms with E-state index < -0.39 is 17.8 Å². The Labute approximate surface area is 163 Å². The number of nitrogens with one attached hydrogen (secondary N) is 1. The van der Waals surface area contributed by atoms with Crippen molar-refractivity contribution >= 4 is 28.3 Å². The van der Waals surface area contributed by atoms with Gasteiger partial charge in [-0.2, -0.15) is 18.3 Å². The molecule has 0 unspecified atom stereocenters. The lowest BCUT2D eigenvalue weighted by Gasteiger charge is -2.20. The summed E-state index contributed by atoms with van der Waals surface area (Å²) in [5, 5.41) is 7.90. The third-order valence-electron chi connectivity index (χ3n) is 4.94. The van der Waals surface area contributed by atoms with Crippen LogP contribution in [-0.2, 0) is 11.0 Å². The van der Waals surface area contributed by atoms with Gasteiger partial charge in [-0.25, -0.2) is 4.98 Å². The minimum Gasteiger partial charge on any atom is -0.321 e. The van der Waals surface area contributed by atoms with Gasteiger partial charge >= 0.3 is 6.18 Å². The molecule has 0 spiro atoms. The molecule has 1 fully saturated rings. The highest BCUT2D eigenvalue weighted by Gasteiger charge is 2.33. The van der Waals surface area contributed by atoms with Crippen LogP contribution >= 0.6 is 0 Å². The summed E-state index contributed by atoms with van der Waals surface area (Å²) in [6, 6.07) is 8.42. The van der Waals surface area contributed by atoms with Crippen LogP contribution < -0.4 is 5.32 Å². The van der Waals surface area contributed by atoms with Gasteiger partial charge in [-0.1, -0.05) is 6.07 Å². The van der Waals surface area contributed by atoms with Crippen molar-refractivity contribution in [1.82, 2.24) is 14.8 Å². The molecule has 2 heterocycles. The molecule has 1 aliphatic carbocycles. The maximum absolute atomic E-state index is 12.8. The lowest BCUT2D eigenvalue weighted by atomic mass is 9.95. The highest BCUT2D eigenvalue weighted by Crippen LogP contribution is 2.29. The van der Waals surface area contributed by atoms with Gasteiger partial charge in [0.05, 0.1) is 11.6 Å². The van der Waals surface area contributed by atoms with Gasteiger partial charge in [0.1, 0.15) is 17.2 Å². The molecular weight excluding hydrogens is 385 g/mol. The number of Topliss-reactive ketones (excluding diaryl/α,β-unsaturated/α-hetero) is 1. The molecule has 4 rings (SSSR count). The SMILES string of the molecule is O=C1CCC(n2cc3cc(NC(=O)c4cccc(C(F)(F)F)n4)ccc3n2)CC1. The van der Waals surface area contributed by atoms with Crippen molar-refractivity contribution in [3.63, 3.8) is 0 Å². The molecule has 1 amide bonds. The normalized spacial score (nSPS) is 15.6. The maximum Gasteiger partial charge on any atom is 0.433 e. The Morgan fingerprint density at radius 3 is 2.62 bits per heavy atom. The number of aromatic nitrogens is 3. The van der Waals surface area contributed by atoms with Gasteiger partial charge in [-0.15, -0.1) is 0 Å². The highest BCUT2D eigenvalue weighted by molar-refractivity contribution is 6.03. The second-order valence-corrected chi connectivity index (χ2v) is 7.01. The van der Waals surface area contributed by atoms with E-state index in [-0.39, 0.29) is 17.5 Å². The number of rotatable bonds is 3. The van der Waals surface area contributed by atoms with Gasteiger partial charge in [-0.05, 0) is 43.2 Å². The quantitative estimate of drug-likeness (QED) is 0.705. The molecule has 9 heteroatoms. The van der Waals surface area contributed by atoms with Crippen molar-refractivity contribution in [3.05, 3.63) is 54.0 Å². The number of halogens is 3. The number of fused-ring (bicyclic) bond motifs is 1. The Hall–Kier alpha value is -3.23. The fourth-order valence-corrected chi connectivity index (χ4v) is 3.41. The van der Waals surface area contributed by atoms with Crippen LogP contribution in [0.15, 0.2) is 42.6 Å². The van der Waals surface area contributed by atoms with Crippen molar-refractivity contribution in [2.24, 2.45) is 0 Å². The van der Waals surface area contributed by atoms with Crippen LogP contribution in [-0.4, -0.2) is 26.5 Å². The van der Waals surface area contributed by atoms with Crippen LogP contribution in [0.1, 0.15) is 47.9 Å². The fraction of sp³-hybridized carbons (Fsp3) is 0.300. The summed E-state index contributed by atoms with van der Waals surface area (Å²) in [7, 11) is 0. The van der Waals surface area contributed by atoms with Gasteiger partial charge in [0.2, 0.25) is 0 Å². The van der Waals surface area contributed by atoms with Crippen molar-refractivity contribution in [3.8, 4) is 0 Å². The second kappa shape index (κ2) is 7.31. The largest absolute Gasteiger partial charge is 0.433 e. The number of carbonyl (C=O) groups excluding carboxylic acids is 2. The standard InChI is InChI=1S/C20H17F3N4O2/c21-20(22,23)18-3-1-2-17(25-18)19(29)24-13-4-9-16-12(10-13)11-27(26-16)14-5-7-15(28)8-6-14/h1-4,9-11,14H,5-8H2,(H,24,29). The predicted octanol–water partition coefficient (Wildman–Crippen LogP) is 4.39. The summed E-state index contributed by atoms with van der Waals surface area (Å²) in [6.07, 6.45) is -0.172. The van der Waals surface area contributed by atoms with Crippen molar-refractivity contribution in [2.45, 2.75) is 37.9 Å². The average molecular weight is 402 g/mol. The summed E-state index contributed by atoms with van der Waals surface area (Å²) in [5.41, 5.74) is -0.271. The molecule has 0 aliphatic heterocycles. The van der Waals surface area contributed by atoms with Gasteiger partial charge in [-0.3, -0.25) is 14.3 Å². The van der Waals surface area contributed by atoms with E-state index in [1.807, 2.05) is 10.9 Å². The van der Waals surface area contributed by atoms with E-state index in [1.165, 1.54) is 6.07 Å². The molecule has 0 atom stereocenters. The number of anilines is 1. The van der Waals surface area contributed by atoms with Crippen LogP contribution in [0.25, 0.3) is 10.9 Å². The lowest BCUT2D eigenvalue weighted by Crippen LogP contribution is -2.18. The number of nitrogens with zero attached hydrogens (tertiary/aromatic N) is 3. The third kappa shape index (κ3) is 4.13. The first-order chi connectivity index (χ1) is 13.8. The summed E-state index contributed by atoms with van der Waals surface area (Å²) in [4.78, 5) is 27.1. The topological polar surface area (TPSA) is 76.9 Å². The molecule has 1 saturated carbocycles. The monoisotopic (exact) mass is 402 g/mol. The Kier molecular flexibility index (Phi) is 4.81. The molecule has 1 N–H and O–H groups in total. The molecule has 29 heavy (non-hydrogen) atoms. The van der Waals surface area contributed by atoms with Crippen molar-refractivity contribution in [2.75, 3.05) is 5.32 Å². The molecule has 0 bridgehead atoms. The van der Waals surface area contributed by atoms with E-state index >= 15 is 0 Å². The Morgan fingerprint density at radius 1 is 1.14 bits per heavy atom. The first-order valence-corrected chi connectivity index (χ1v) is 9.16. The van der Waals surface area contributed by atoms with Gasteiger partial charge in [0, 0.05) is 30.1 Å². The van der Waals surface area contributed by atoms with E-state index in [0.717, 1.165) is 35.9 Å². The van der Waals surface area contributed by atoms with Crippen LogP contribution in [0.3, 0.4) is 0 Å². The molecular formula is C20H17F3N4O2. The highest BCUT2D eigenvalue weighted by atomic mass is 19.4. The number of hydrogen-bond donors (Lipinski definition) is 1. The number of carbonyl (C=O) groups is 2. The smallest absolute Gasteiger partial charge is 0.321 e. The molecule has 1 aliphatic rings. The molecule has 0 radical (unpaired) electrons. The van der Waals surface area contributed by atoms with Gasteiger partial charge < -0.3 is 5.32 Å². The molecule has 1 aromatic carbocycles. The number of benzene rings is 1. The van der Waals surface area contributed by atoms with E-state index in [9.17, 15) is 22.8 Å². The van der Waals surface area contributed by atoms with E-state index in [4.69, 9.17) is 0 Å². The Bertz CT molecular complexity index is 1080. The first kappa shape index (κ1) is 19.1. The minimum atomic E-state index is -4.62. The summed E-state index contributed by atoms with van der Waals surface area (Å²) in [5.74, 6) is -0.459. The van der Waals surface area contributed by atoms with E-state index in [2.05, 4.69) is 15.4 Å². The molecule has 6 nitrogen and oxygen atoms in total. The zero-order valence-corrected chi connectivity index (χ0v) is 15.2. The Morgan fingerprint density at radius 2 is 1.90 bits per heavy atom. The fourth-order valence-electron chi connectivity index (χ4n) is 3.41. The van der Waals surface area contributed by atoms with E-state index in [1.54, 1.807) is 18.2 Å². The molecule has 3 aromatic rings. The van der Waals surface area contributed by atoms with Crippen LogP contribution in [0.4, 0.5) is 18.9 Å². The summed E-state index contributed by atoms with van der Waals surface area (Å²) >= 11 is 0. The summed E-state index contributed by atoms with van der Waals surface area (Å²) < 4.78 is 40.2. The minimum absolute atomic E-state index is 0.160. The van der Waals surface area contributed by atoms with Crippen molar-refractivity contribution in [1.29, 1.82) is 0 Å². The zero-order chi connectivity index (χ0) is 20.6. The van der Waals surface area contributed by atoms with Gasteiger partial charge in [0.25, 0.3) is 5.91 Å². The number of alkyl halides is 3. The summed E-state index contributed by atoms with van der Waals surface area (Å²) in [6.45, 7) is 0. The van der Waals surface area contributed by atoms with E-state index in [0.29, 0.717) is 18.5 Å². The van der Waals surface area contributed by atoms with Crippen LogP contribution in [0.5, 0.6) is 0 Å². The number of amides is 1. The van der Waals surface area contributed by atoms with Crippen LogP contribution in [0.2, 0.25) is 0 Å². The molecule has 0 saturated heterocycles. The van der Waals surface area contributed by atoms with Crippen LogP contribution in [0, 0.1) is 0 Å². The molecule has 2 aromatic heterocycles. The maximum atomic E-state index is 12.8. The second-order valence-electron chi connectivity index (χ2n) is 7.01. The third-order valence-corrected chi connectivity index (χ3v) is 4.94. The van der Waals surface area contributed by atoms with Crippen molar-refractivity contribution < 1.29 is 22.8 Å².